The van der Waals surface area contributed by atoms with Crippen molar-refractivity contribution >= 4 is 22.7 Å². The zero-order valence-corrected chi connectivity index (χ0v) is 15.1. The van der Waals surface area contributed by atoms with Gasteiger partial charge in [0.1, 0.15) is 0 Å². The molecule has 1 aliphatic rings. The zero-order valence-electron chi connectivity index (χ0n) is 15.1. The molecule has 0 saturated carbocycles. The van der Waals surface area contributed by atoms with Crippen molar-refractivity contribution < 1.29 is 9.59 Å². The Balaban J connectivity index is 2.15. The first kappa shape index (κ1) is 17.3. The summed E-state index contributed by atoms with van der Waals surface area (Å²) in [7, 11) is 0. The molecule has 2 aromatic carbocycles. The second kappa shape index (κ2) is 6.79. The fraction of sp³-hybridized carbons (Fsp3) is 0.304. The Morgan fingerprint density at radius 1 is 0.760 bits per heavy atom. The van der Waals surface area contributed by atoms with Crippen molar-refractivity contribution in [2.75, 3.05) is 0 Å². The maximum Gasteiger partial charge on any atom is 0.177 e. The summed E-state index contributed by atoms with van der Waals surface area (Å²) in [4.78, 5) is 26.7. The standard InChI is InChI=1S/C23H24O2/c1-16(2)14-15-23(3)21(24)19(17-10-6-4-7-11-17)20(22(23)25)18-12-8-5-9-13-18/h4-13,16H,14-15H2,1-3H3. The summed E-state index contributed by atoms with van der Waals surface area (Å²) in [6.07, 6.45) is 1.45. The van der Waals surface area contributed by atoms with E-state index in [1.807, 2.05) is 67.6 Å². The molecule has 128 valence electrons. The first-order valence-electron chi connectivity index (χ1n) is 8.90. The van der Waals surface area contributed by atoms with E-state index in [9.17, 15) is 9.59 Å². The molecule has 0 saturated heterocycles. The smallest absolute Gasteiger partial charge is 0.177 e. The Bertz CT molecular complexity index is 752. The number of rotatable bonds is 5. The van der Waals surface area contributed by atoms with Gasteiger partial charge in [0.15, 0.2) is 11.6 Å². The highest BCUT2D eigenvalue weighted by Crippen LogP contribution is 2.47. The number of ketones is 2. The van der Waals surface area contributed by atoms with E-state index in [2.05, 4.69) is 13.8 Å². The quantitative estimate of drug-likeness (QED) is 0.706. The van der Waals surface area contributed by atoms with Gasteiger partial charge in [-0.3, -0.25) is 9.59 Å². The summed E-state index contributed by atoms with van der Waals surface area (Å²) in [6, 6.07) is 19.1. The lowest BCUT2D eigenvalue weighted by Gasteiger charge is -2.22. The molecule has 0 bridgehead atoms. The van der Waals surface area contributed by atoms with Crippen molar-refractivity contribution in [3.8, 4) is 0 Å². The lowest BCUT2D eigenvalue weighted by Crippen LogP contribution is -2.32. The van der Waals surface area contributed by atoms with Crippen LogP contribution < -0.4 is 0 Å². The van der Waals surface area contributed by atoms with Gasteiger partial charge in [-0.2, -0.15) is 0 Å². The maximum atomic E-state index is 13.4. The number of hydrogen-bond donors (Lipinski definition) is 0. The molecule has 3 rings (SSSR count). The molecule has 1 aliphatic carbocycles. The fourth-order valence-electron chi connectivity index (χ4n) is 3.45. The number of benzene rings is 2. The van der Waals surface area contributed by atoms with Crippen LogP contribution in [-0.2, 0) is 9.59 Å². The molecule has 0 atom stereocenters. The van der Waals surface area contributed by atoms with Crippen LogP contribution >= 0.6 is 0 Å². The molecule has 0 aromatic heterocycles. The highest BCUT2D eigenvalue weighted by molar-refractivity contribution is 6.53. The van der Waals surface area contributed by atoms with Crippen molar-refractivity contribution in [1.82, 2.24) is 0 Å². The van der Waals surface area contributed by atoms with Gasteiger partial charge < -0.3 is 0 Å². The fourth-order valence-corrected chi connectivity index (χ4v) is 3.45. The van der Waals surface area contributed by atoms with Crippen molar-refractivity contribution in [3.05, 3.63) is 71.8 Å². The van der Waals surface area contributed by atoms with E-state index >= 15 is 0 Å². The van der Waals surface area contributed by atoms with Crippen molar-refractivity contribution in [2.24, 2.45) is 11.3 Å². The predicted octanol–water partition coefficient (Wildman–Crippen LogP) is 5.19. The minimum absolute atomic E-state index is 0.0387. The van der Waals surface area contributed by atoms with E-state index in [1.54, 1.807) is 0 Å². The molecule has 0 radical (unpaired) electrons. The Labute approximate surface area is 149 Å². The highest BCUT2D eigenvalue weighted by Gasteiger charge is 2.50. The summed E-state index contributed by atoms with van der Waals surface area (Å²) in [6.45, 7) is 6.06. The number of carbonyl (C=O) groups is 2. The Morgan fingerprint density at radius 2 is 1.16 bits per heavy atom. The van der Waals surface area contributed by atoms with Crippen LogP contribution in [0.4, 0.5) is 0 Å². The van der Waals surface area contributed by atoms with E-state index in [-0.39, 0.29) is 11.6 Å². The van der Waals surface area contributed by atoms with E-state index in [0.717, 1.165) is 17.5 Å². The van der Waals surface area contributed by atoms with Gasteiger partial charge in [-0.1, -0.05) is 74.5 Å². The third-order valence-corrected chi connectivity index (χ3v) is 5.05. The van der Waals surface area contributed by atoms with Crippen LogP contribution in [0.5, 0.6) is 0 Å². The van der Waals surface area contributed by atoms with Gasteiger partial charge in [0.05, 0.1) is 5.41 Å². The topological polar surface area (TPSA) is 34.1 Å². The predicted molar refractivity (Wildman–Crippen MR) is 102 cm³/mol. The van der Waals surface area contributed by atoms with Crippen LogP contribution in [0.1, 0.15) is 44.7 Å². The summed E-state index contributed by atoms with van der Waals surface area (Å²) in [5, 5.41) is 0. The minimum Gasteiger partial charge on any atom is -0.293 e. The average Bonchev–Trinajstić information content (AvgIpc) is 2.83. The van der Waals surface area contributed by atoms with Gasteiger partial charge in [-0.15, -0.1) is 0 Å². The summed E-state index contributed by atoms with van der Waals surface area (Å²) >= 11 is 0. The highest BCUT2D eigenvalue weighted by atomic mass is 16.2. The van der Waals surface area contributed by atoms with E-state index in [4.69, 9.17) is 0 Å². The van der Waals surface area contributed by atoms with Gasteiger partial charge in [-0.05, 0) is 36.8 Å². The number of hydrogen-bond acceptors (Lipinski definition) is 2. The molecule has 0 aliphatic heterocycles. The van der Waals surface area contributed by atoms with Gasteiger partial charge in [-0.25, -0.2) is 0 Å². The van der Waals surface area contributed by atoms with Crippen LogP contribution in [0.15, 0.2) is 60.7 Å². The number of allylic oxidation sites excluding steroid dienone is 2. The van der Waals surface area contributed by atoms with Crippen molar-refractivity contribution in [3.63, 3.8) is 0 Å². The van der Waals surface area contributed by atoms with Gasteiger partial charge >= 0.3 is 0 Å². The molecular weight excluding hydrogens is 308 g/mol. The Morgan fingerprint density at radius 3 is 1.52 bits per heavy atom. The molecule has 2 nitrogen and oxygen atoms in total. The van der Waals surface area contributed by atoms with E-state index < -0.39 is 5.41 Å². The molecule has 2 aromatic rings. The second-order valence-electron chi connectivity index (χ2n) is 7.40. The largest absolute Gasteiger partial charge is 0.293 e. The molecule has 0 unspecified atom stereocenters. The van der Waals surface area contributed by atoms with Gasteiger partial charge in [0.25, 0.3) is 0 Å². The molecule has 0 N–H and O–H groups in total. The summed E-state index contributed by atoms with van der Waals surface area (Å²) in [5.41, 5.74) is 1.84. The summed E-state index contributed by atoms with van der Waals surface area (Å²) < 4.78 is 0. The lowest BCUT2D eigenvalue weighted by molar-refractivity contribution is -0.132. The monoisotopic (exact) mass is 332 g/mol. The Hall–Kier alpha value is -2.48. The molecule has 0 amide bonds. The SMILES string of the molecule is CC(C)CCC1(C)C(=O)C(c2ccccc2)=C(c2ccccc2)C1=O. The molecular formula is C23H24O2. The summed E-state index contributed by atoms with van der Waals surface area (Å²) in [5.74, 6) is 0.379. The first-order valence-corrected chi connectivity index (χ1v) is 8.90. The van der Waals surface area contributed by atoms with Crippen LogP contribution in [0, 0.1) is 11.3 Å². The van der Waals surface area contributed by atoms with E-state index in [1.165, 1.54) is 0 Å². The maximum absolute atomic E-state index is 13.4. The van der Waals surface area contributed by atoms with Crippen LogP contribution in [0.2, 0.25) is 0 Å². The Kier molecular flexibility index (Phi) is 4.71. The molecule has 0 heterocycles. The third kappa shape index (κ3) is 3.09. The van der Waals surface area contributed by atoms with Crippen LogP contribution in [0.3, 0.4) is 0 Å². The lowest BCUT2D eigenvalue weighted by atomic mass is 9.77. The van der Waals surface area contributed by atoms with Crippen molar-refractivity contribution in [2.45, 2.75) is 33.6 Å². The average molecular weight is 332 g/mol. The first-order chi connectivity index (χ1) is 11.9. The molecule has 2 heteroatoms. The van der Waals surface area contributed by atoms with Crippen LogP contribution in [-0.4, -0.2) is 11.6 Å². The number of carbonyl (C=O) groups excluding carboxylic acids is 2. The number of Topliss-reactive ketones (excluding diaryl/α,β-unsaturated/α-hetero) is 2. The second-order valence-corrected chi connectivity index (χ2v) is 7.40. The third-order valence-electron chi connectivity index (χ3n) is 5.05. The molecule has 0 spiro atoms. The molecule has 0 fully saturated rings. The normalized spacial score (nSPS) is 16.8. The minimum atomic E-state index is -0.958. The van der Waals surface area contributed by atoms with E-state index in [0.29, 0.717) is 23.5 Å². The zero-order chi connectivity index (χ0) is 18.0. The molecule has 25 heavy (non-hydrogen) atoms. The van der Waals surface area contributed by atoms with Crippen molar-refractivity contribution in [1.29, 1.82) is 0 Å². The van der Waals surface area contributed by atoms with Crippen LogP contribution in [0.25, 0.3) is 11.1 Å². The van der Waals surface area contributed by atoms with Gasteiger partial charge in [0.2, 0.25) is 0 Å². The van der Waals surface area contributed by atoms with Gasteiger partial charge in [0, 0.05) is 11.1 Å².